The first kappa shape index (κ1) is 23.8. The van der Waals surface area contributed by atoms with Crippen molar-refractivity contribution in [2.45, 2.75) is 39.5 Å². The molecule has 4 rings (SSSR count). The number of hydrogen-bond donors (Lipinski definition) is 2. The van der Waals surface area contributed by atoms with Crippen LogP contribution in [0, 0.1) is 5.41 Å². The van der Waals surface area contributed by atoms with Crippen molar-refractivity contribution >= 4 is 11.6 Å². The quantitative estimate of drug-likeness (QED) is 0.560. The van der Waals surface area contributed by atoms with Gasteiger partial charge in [-0.25, -0.2) is 9.67 Å². The van der Waals surface area contributed by atoms with E-state index in [1.807, 2.05) is 24.3 Å². The molecule has 0 radical (unpaired) electrons. The number of halogens is 2. The van der Waals surface area contributed by atoms with Gasteiger partial charge in [0.15, 0.2) is 0 Å². The number of nitrogens with one attached hydrogen (secondary N) is 2. The number of anilines is 1. The third-order valence-electron chi connectivity index (χ3n) is 5.52. The second-order valence-corrected chi connectivity index (χ2v) is 9.05. The van der Waals surface area contributed by atoms with E-state index in [1.165, 1.54) is 23.1 Å². The fourth-order valence-electron chi connectivity index (χ4n) is 3.87. The average molecular weight is 472 g/mol. The molecular formula is C24H27F2N5O3. The van der Waals surface area contributed by atoms with Crippen molar-refractivity contribution in [2.24, 2.45) is 5.41 Å². The molecule has 2 heterocycles. The molecule has 3 aromatic rings. The number of amides is 1. The van der Waals surface area contributed by atoms with Crippen molar-refractivity contribution in [3.8, 4) is 11.4 Å². The Morgan fingerprint density at radius 2 is 1.88 bits per heavy atom. The molecule has 0 bridgehead atoms. The fourth-order valence-corrected chi connectivity index (χ4v) is 3.87. The monoisotopic (exact) mass is 471 g/mol. The Hall–Kier alpha value is -3.37. The molecule has 1 amide bonds. The first-order chi connectivity index (χ1) is 16.2. The number of hydrogen-bond acceptors (Lipinski definition) is 6. The SMILES string of the molecule is CC(C)(C)[C@@H]1NCCOC1c1ccc(NC(=O)c2ncn(-c3ccc(OC(F)F)cc3)n2)cc1. The Kier molecular flexibility index (Phi) is 6.90. The third-order valence-corrected chi connectivity index (χ3v) is 5.52. The molecule has 2 atom stereocenters. The van der Waals surface area contributed by atoms with Crippen LogP contribution < -0.4 is 15.4 Å². The van der Waals surface area contributed by atoms with Crippen LogP contribution in [-0.4, -0.2) is 46.5 Å². The summed E-state index contributed by atoms with van der Waals surface area (Å²) in [7, 11) is 0. The molecule has 0 aliphatic carbocycles. The highest BCUT2D eigenvalue weighted by atomic mass is 19.3. The maximum Gasteiger partial charge on any atom is 0.387 e. The van der Waals surface area contributed by atoms with Crippen LogP contribution in [0.5, 0.6) is 5.75 Å². The van der Waals surface area contributed by atoms with Crippen LogP contribution in [0.3, 0.4) is 0 Å². The number of aromatic nitrogens is 3. The number of morpholine rings is 1. The number of nitrogens with zero attached hydrogens (tertiary/aromatic N) is 3. The largest absolute Gasteiger partial charge is 0.435 e. The molecular weight excluding hydrogens is 444 g/mol. The predicted molar refractivity (Wildman–Crippen MR) is 122 cm³/mol. The molecule has 180 valence electrons. The summed E-state index contributed by atoms with van der Waals surface area (Å²) in [5.41, 5.74) is 2.21. The molecule has 1 fully saturated rings. The Balaban J connectivity index is 1.41. The van der Waals surface area contributed by atoms with E-state index in [2.05, 4.69) is 46.2 Å². The van der Waals surface area contributed by atoms with E-state index >= 15 is 0 Å². The molecule has 0 spiro atoms. The van der Waals surface area contributed by atoms with E-state index in [-0.39, 0.29) is 29.1 Å². The van der Waals surface area contributed by atoms with Crippen LogP contribution in [0.2, 0.25) is 0 Å². The van der Waals surface area contributed by atoms with Crippen LogP contribution in [0.15, 0.2) is 54.9 Å². The smallest absolute Gasteiger partial charge is 0.387 e. The van der Waals surface area contributed by atoms with Crippen LogP contribution in [0.4, 0.5) is 14.5 Å². The molecule has 1 aromatic heterocycles. The zero-order chi connectivity index (χ0) is 24.3. The Morgan fingerprint density at radius 3 is 2.53 bits per heavy atom. The number of carbonyl (C=O) groups excluding carboxylic acids is 1. The normalized spacial score (nSPS) is 18.6. The molecule has 1 aliphatic heterocycles. The van der Waals surface area contributed by atoms with Gasteiger partial charge in [0.1, 0.15) is 12.1 Å². The van der Waals surface area contributed by atoms with Crippen molar-refractivity contribution in [3.05, 3.63) is 66.2 Å². The lowest BCUT2D eigenvalue weighted by atomic mass is 9.80. The van der Waals surface area contributed by atoms with Crippen molar-refractivity contribution in [1.82, 2.24) is 20.1 Å². The van der Waals surface area contributed by atoms with Gasteiger partial charge in [0.25, 0.3) is 5.91 Å². The highest BCUT2D eigenvalue weighted by Crippen LogP contribution is 2.34. The lowest BCUT2D eigenvalue weighted by Crippen LogP contribution is -2.50. The van der Waals surface area contributed by atoms with Crippen LogP contribution in [0.1, 0.15) is 43.1 Å². The lowest BCUT2D eigenvalue weighted by Gasteiger charge is -2.41. The van der Waals surface area contributed by atoms with E-state index in [1.54, 1.807) is 12.1 Å². The van der Waals surface area contributed by atoms with Gasteiger partial charge in [0, 0.05) is 18.3 Å². The second-order valence-electron chi connectivity index (χ2n) is 9.05. The van der Waals surface area contributed by atoms with Crippen molar-refractivity contribution in [1.29, 1.82) is 0 Å². The number of benzene rings is 2. The molecule has 1 unspecified atom stereocenters. The Labute approximate surface area is 196 Å². The van der Waals surface area contributed by atoms with Crippen molar-refractivity contribution < 1.29 is 23.0 Å². The van der Waals surface area contributed by atoms with E-state index in [9.17, 15) is 13.6 Å². The summed E-state index contributed by atoms with van der Waals surface area (Å²) in [5.74, 6) is -0.458. The van der Waals surface area contributed by atoms with Gasteiger partial charge in [-0.1, -0.05) is 32.9 Å². The molecule has 1 aliphatic rings. The predicted octanol–water partition coefficient (Wildman–Crippen LogP) is 4.20. The summed E-state index contributed by atoms with van der Waals surface area (Å²) < 4.78 is 36.3. The zero-order valence-electron chi connectivity index (χ0n) is 19.2. The molecule has 2 N–H and O–H groups in total. The lowest BCUT2D eigenvalue weighted by molar-refractivity contribution is -0.0498. The third kappa shape index (κ3) is 5.57. The minimum absolute atomic E-state index is 0.0235. The summed E-state index contributed by atoms with van der Waals surface area (Å²) in [6.07, 6.45) is 1.30. The number of carbonyl (C=O) groups is 1. The summed E-state index contributed by atoms with van der Waals surface area (Å²) >= 11 is 0. The molecule has 10 heteroatoms. The summed E-state index contributed by atoms with van der Waals surface area (Å²) in [6.45, 7) is 5.11. The molecule has 1 saturated heterocycles. The zero-order valence-corrected chi connectivity index (χ0v) is 19.2. The first-order valence-electron chi connectivity index (χ1n) is 10.9. The topological polar surface area (TPSA) is 90.3 Å². The molecule has 8 nitrogen and oxygen atoms in total. The molecule has 34 heavy (non-hydrogen) atoms. The van der Waals surface area contributed by atoms with E-state index in [0.29, 0.717) is 18.0 Å². The van der Waals surface area contributed by atoms with Gasteiger partial charge in [-0.15, -0.1) is 5.10 Å². The van der Waals surface area contributed by atoms with Gasteiger partial charge in [-0.3, -0.25) is 4.79 Å². The average Bonchev–Trinajstić information content (AvgIpc) is 3.30. The first-order valence-corrected chi connectivity index (χ1v) is 10.9. The van der Waals surface area contributed by atoms with E-state index in [4.69, 9.17) is 4.74 Å². The van der Waals surface area contributed by atoms with Gasteiger partial charge < -0.3 is 20.1 Å². The summed E-state index contributed by atoms with van der Waals surface area (Å²) in [4.78, 5) is 16.7. The minimum Gasteiger partial charge on any atom is -0.435 e. The van der Waals surface area contributed by atoms with Crippen LogP contribution in [0.25, 0.3) is 5.69 Å². The van der Waals surface area contributed by atoms with Gasteiger partial charge in [0.05, 0.1) is 18.4 Å². The number of ether oxygens (including phenoxy) is 2. The van der Waals surface area contributed by atoms with Gasteiger partial charge >= 0.3 is 6.61 Å². The van der Waals surface area contributed by atoms with Gasteiger partial charge in [0.2, 0.25) is 5.82 Å². The van der Waals surface area contributed by atoms with Gasteiger partial charge in [-0.2, -0.15) is 8.78 Å². The standard InChI is InChI=1S/C24H27F2N5O3/c1-24(2,3)20-19(33-13-12-27-20)15-4-6-16(7-5-15)29-22(32)21-28-14-31(30-21)17-8-10-18(11-9-17)34-23(25)26/h4-11,14,19-20,23,27H,12-13H2,1-3H3,(H,29,32)/t19?,20-/m1/s1. The highest BCUT2D eigenvalue weighted by molar-refractivity contribution is 6.01. The van der Waals surface area contributed by atoms with Crippen LogP contribution in [-0.2, 0) is 4.74 Å². The fraction of sp³-hybridized carbons (Fsp3) is 0.375. The molecule has 0 saturated carbocycles. The maximum absolute atomic E-state index is 12.6. The van der Waals surface area contributed by atoms with Crippen LogP contribution >= 0.6 is 0 Å². The molecule has 2 aromatic carbocycles. The summed E-state index contributed by atoms with van der Waals surface area (Å²) in [5, 5.41) is 10.5. The summed E-state index contributed by atoms with van der Waals surface area (Å²) in [6, 6.07) is 13.6. The second kappa shape index (κ2) is 9.86. The van der Waals surface area contributed by atoms with Crippen molar-refractivity contribution in [2.75, 3.05) is 18.5 Å². The highest BCUT2D eigenvalue weighted by Gasteiger charge is 2.35. The maximum atomic E-state index is 12.6. The van der Waals surface area contributed by atoms with Crippen molar-refractivity contribution in [3.63, 3.8) is 0 Å². The minimum atomic E-state index is -2.90. The Morgan fingerprint density at radius 1 is 1.18 bits per heavy atom. The Bertz CT molecular complexity index is 1110. The number of alkyl halides is 2. The van der Waals surface area contributed by atoms with Gasteiger partial charge in [-0.05, 0) is 47.4 Å². The van der Waals surface area contributed by atoms with E-state index < -0.39 is 12.5 Å². The van der Waals surface area contributed by atoms with E-state index in [0.717, 1.165) is 12.1 Å². The number of rotatable bonds is 6.